The number of rotatable bonds is 4. The molecule has 0 spiro atoms. The molecule has 0 saturated heterocycles. The monoisotopic (exact) mass is 311 g/mol. The second-order valence-corrected chi connectivity index (χ2v) is 5.13. The fourth-order valence-electron chi connectivity index (χ4n) is 2.03. The van der Waals surface area contributed by atoms with Crippen LogP contribution >= 0.6 is 11.5 Å². The molecular formula is C16H13N3O2S. The van der Waals surface area contributed by atoms with Crippen LogP contribution < -0.4 is 10.1 Å². The number of carbonyl (C=O) groups excluding carboxylic acids is 1. The third-order valence-electron chi connectivity index (χ3n) is 3.16. The van der Waals surface area contributed by atoms with Crippen LogP contribution in [0.3, 0.4) is 0 Å². The van der Waals surface area contributed by atoms with E-state index in [2.05, 4.69) is 14.9 Å². The SMILES string of the molecule is COc1ccccc1NC(=O)c1ccc(-c2csnn2)cc1. The summed E-state index contributed by atoms with van der Waals surface area (Å²) < 4.78 is 9.05. The zero-order valence-electron chi connectivity index (χ0n) is 11.8. The first-order valence-corrected chi connectivity index (χ1v) is 7.43. The second kappa shape index (κ2) is 6.36. The fourth-order valence-corrected chi connectivity index (χ4v) is 2.49. The smallest absolute Gasteiger partial charge is 0.255 e. The number of methoxy groups -OCH3 is 1. The number of hydrogen-bond acceptors (Lipinski definition) is 5. The van der Waals surface area contributed by atoms with Crippen molar-refractivity contribution >= 4 is 23.1 Å². The molecule has 0 unspecified atom stereocenters. The summed E-state index contributed by atoms with van der Waals surface area (Å²) >= 11 is 1.30. The first kappa shape index (κ1) is 14.2. The number of nitrogens with one attached hydrogen (secondary N) is 1. The molecule has 0 saturated carbocycles. The van der Waals surface area contributed by atoms with E-state index >= 15 is 0 Å². The molecular weight excluding hydrogens is 298 g/mol. The van der Waals surface area contributed by atoms with Gasteiger partial charge in [0.05, 0.1) is 12.8 Å². The average molecular weight is 311 g/mol. The average Bonchev–Trinajstić information content (AvgIpc) is 3.10. The molecule has 0 bridgehead atoms. The lowest BCUT2D eigenvalue weighted by molar-refractivity contribution is 0.102. The van der Waals surface area contributed by atoms with Crippen molar-refractivity contribution in [3.8, 4) is 17.0 Å². The number of amides is 1. The van der Waals surface area contributed by atoms with Gasteiger partial charge < -0.3 is 10.1 Å². The summed E-state index contributed by atoms with van der Waals surface area (Å²) in [6.07, 6.45) is 0. The van der Waals surface area contributed by atoms with Gasteiger partial charge in [0.25, 0.3) is 5.91 Å². The van der Waals surface area contributed by atoms with Crippen molar-refractivity contribution < 1.29 is 9.53 Å². The van der Waals surface area contributed by atoms with E-state index in [4.69, 9.17) is 4.74 Å². The summed E-state index contributed by atoms with van der Waals surface area (Å²) in [6.45, 7) is 0. The van der Waals surface area contributed by atoms with Gasteiger partial charge in [0.2, 0.25) is 0 Å². The van der Waals surface area contributed by atoms with Gasteiger partial charge in [-0.15, -0.1) is 5.10 Å². The van der Waals surface area contributed by atoms with Crippen LogP contribution in [0.2, 0.25) is 0 Å². The molecule has 0 aliphatic carbocycles. The normalized spacial score (nSPS) is 10.2. The summed E-state index contributed by atoms with van der Waals surface area (Å²) in [5, 5.41) is 8.71. The van der Waals surface area contributed by atoms with E-state index in [1.807, 2.05) is 29.6 Å². The number of nitrogens with zero attached hydrogens (tertiary/aromatic N) is 2. The van der Waals surface area contributed by atoms with E-state index in [0.717, 1.165) is 11.3 Å². The highest BCUT2D eigenvalue weighted by Gasteiger charge is 2.10. The zero-order valence-corrected chi connectivity index (χ0v) is 12.6. The highest BCUT2D eigenvalue weighted by atomic mass is 32.1. The maximum Gasteiger partial charge on any atom is 0.255 e. The molecule has 0 radical (unpaired) electrons. The third-order valence-corrected chi connectivity index (χ3v) is 3.66. The summed E-state index contributed by atoms with van der Waals surface area (Å²) in [5.74, 6) is 0.438. The first-order chi connectivity index (χ1) is 10.8. The maximum absolute atomic E-state index is 12.3. The van der Waals surface area contributed by atoms with Gasteiger partial charge in [-0.2, -0.15) is 0 Å². The van der Waals surface area contributed by atoms with Gasteiger partial charge in [-0.3, -0.25) is 4.79 Å². The van der Waals surface area contributed by atoms with Crippen molar-refractivity contribution in [1.82, 2.24) is 9.59 Å². The molecule has 3 rings (SSSR count). The largest absolute Gasteiger partial charge is 0.495 e. The lowest BCUT2D eigenvalue weighted by Crippen LogP contribution is -2.12. The van der Waals surface area contributed by atoms with E-state index in [9.17, 15) is 4.79 Å². The third kappa shape index (κ3) is 2.96. The molecule has 0 aliphatic rings. The minimum Gasteiger partial charge on any atom is -0.495 e. The minimum absolute atomic E-state index is 0.188. The van der Waals surface area contributed by atoms with Crippen LogP contribution in [-0.4, -0.2) is 22.6 Å². The minimum atomic E-state index is -0.188. The van der Waals surface area contributed by atoms with E-state index in [0.29, 0.717) is 17.0 Å². The number of aromatic nitrogens is 2. The molecule has 1 amide bonds. The van der Waals surface area contributed by atoms with Crippen LogP contribution in [0.4, 0.5) is 5.69 Å². The van der Waals surface area contributed by atoms with Crippen LogP contribution in [0.25, 0.3) is 11.3 Å². The predicted molar refractivity (Wildman–Crippen MR) is 86.3 cm³/mol. The number of benzene rings is 2. The van der Waals surface area contributed by atoms with Crippen molar-refractivity contribution in [2.24, 2.45) is 0 Å². The molecule has 22 heavy (non-hydrogen) atoms. The van der Waals surface area contributed by atoms with E-state index in [-0.39, 0.29) is 5.91 Å². The summed E-state index contributed by atoms with van der Waals surface area (Å²) in [7, 11) is 1.57. The number of para-hydroxylation sites is 2. The van der Waals surface area contributed by atoms with E-state index in [1.54, 1.807) is 31.4 Å². The molecule has 5 nitrogen and oxygen atoms in total. The van der Waals surface area contributed by atoms with Crippen LogP contribution in [-0.2, 0) is 0 Å². The highest BCUT2D eigenvalue weighted by molar-refractivity contribution is 7.03. The van der Waals surface area contributed by atoms with E-state index < -0.39 is 0 Å². The summed E-state index contributed by atoms with van der Waals surface area (Å²) in [4.78, 5) is 12.3. The Morgan fingerprint density at radius 2 is 1.91 bits per heavy atom. The Hall–Kier alpha value is -2.73. The lowest BCUT2D eigenvalue weighted by Gasteiger charge is -2.09. The fraction of sp³-hybridized carbons (Fsp3) is 0.0625. The lowest BCUT2D eigenvalue weighted by atomic mass is 10.1. The molecule has 1 N–H and O–H groups in total. The van der Waals surface area contributed by atoms with Crippen molar-refractivity contribution in [3.63, 3.8) is 0 Å². The van der Waals surface area contributed by atoms with Crippen LogP contribution in [0.1, 0.15) is 10.4 Å². The standard InChI is InChI=1S/C16H13N3O2S/c1-21-15-5-3-2-4-13(15)17-16(20)12-8-6-11(7-9-12)14-10-22-19-18-14/h2-10H,1H3,(H,17,20). The molecule has 1 aromatic heterocycles. The van der Waals surface area contributed by atoms with Gasteiger partial charge >= 0.3 is 0 Å². The number of carbonyl (C=O) groups is 1. The van der Waals surface area contributed by atoms with Gasteiger partial charge in [-0.05, 0) is 35.8 Å². The Kier molecular flexibility index (Phi) is 4.11. The van der Waals surface area contributed by atoms with Gasteiger partial charge in [-0.1, -0.05) is 28.8 Å². The summed E-state index contributed by atoms with van der Waals surface area (Å²) in [5.41, 5.74) is 2.95. The van der Waals surface area contributed by atoms with Gasteiger partial charge in [0, 0.05) is 16.5 Å². The number of hydrogen-bond donors (Lipinski definition) is 1. The summed E-state index contributed by atoms with van der Waals surface area (Å²) in [6, 6.07) is 14.5. The molecule has 0 fully saturated rings. The predicted octanol–water partition coefficient (Wildman–Crippen LogP) is 3.47. The van der Waals surface area contributed by atoms with Crippen molar-refractivity contribution in [2.75, 3.05) is 12.4 Å². The van der Waals surface area contributed by atoms with Crippen molar-refractivity contribution in [3.05, 3.63) is 59.5 Å². The molecule has 0 atom stereocenters. The molecule has 6 heteroatoms. The topological polar surface area (TPSA) is 64.1 Å². The van der Waals surface area contributed by atoms with Crippen LogP contribution in [0.5, 0.6) is 5.75 Å². The molecule has 110 valence electrons. The quantitative estimate of drug-likeness (QED) is 0.801. The Morgan fingerprint density at radius 1 is 1.14 bits per heavy atom. The first-order valence-electron chi connectivity index (χ1n) is 6.60. The molecule has 0 aliphatic heterocycles. The Morgan fingerprint density at radius 3 is 2.59 bits per heavy atom. The number of ether oxygens (including phenoxy) is 1. The zero-order chi connectivity index (χ0) is 15.4. The second-order valence-electron chi connectivity index (χ2n) is 4.52. The highest BCUT2D eigenvalue weighted by Crippen LogP contribution is 2.24. The van der Waals surface area contributed by atoms with Crippen LogP contribution in [0, 0.1) is 0 Å². The van der Waals surface area contributed by atoms with Gasteiger partial charge in [0.15, 0.2) is 0 Å². The Labute approximate surface area is 131 Å². The Balaban J connectivity index is 1.78. The van der Waals surface area contributed by atoms with Gasteiger partial charge in [0.1, 0.15) is 11.4 Å². The van der Waals surface area contributed by atoms with Crippen molar-refractivity contribution in [2.45, 2.75) is 0 Å². The van der Waals surface area contributed by atoms with Crippen molar-refractivity contribution in [1.29, 1.82) is 0 Å². The maximum atomic E-state index is 12.3. The Bertz CT molecular complexity index is 770. The van der Waals surface area contributed by atoms with Crippen LogP contribution in [0.15, 0.2) is 53.9 Å². The molecule has 2 aromatic carbocycles. The number of anilines is 1. The van der Waals surface area contributed by atoms with E-state index in [1.165, 1.54) is 11.5 Å². The molecule has 1 heterocycles. The molecule has 3 aromatic rings. The van der Waals surface area contributed by atoms with Gasteiger partial charge in [-0.25, -0.2) is 0 Å².